The van der Waals surface area contributed by atoms with Gasteiger partial charge >= 0.3 is 0 Å². The molecular formula is C17H21ClN2O2S. The first-order valence-corrected chi connectivity index (χ1v) is 9.94. The molecule has 0 aliphatic carbocycles. The minimum absolute atomic E-state index is 0.245. The summed E-state index contributed by atoms with van der Waals surface area (Å²) in [5.41, 5.74) is 3.34. The average molecular weight is 353 g/mol. The summed E-state index contributed by atoms with van der Waals surface area (Å²) in [5, 5.41) is 1.80. The Balaban J connectivity index is 1.82. The normalized spacial score (nSPS) is 16.7. The molecule has 0 radical (unpaired) electrons. The third kappa shape index (κ3) is 3.47. The SMILES string of the molecule is CCCCS(=O)(=O)N1CC=C(c2c[nH]c3ccc(Cl)cc23)CC1. The maximum atomic E-state index is 12.3. The highest BCUT2D eigenvalue weighted by molar-refractivity contribution is 7.89. The number of benzene rings is 1. The lowest BCUT2D eigenvalue weighted by atomic mass is 10.00. The minimum atomic E-state index is -3.13. The summed E-state index contributed by atoms with van der Waals surface area (Å²) < 4.78 is 26.1. The number of hydrogen-bond acceptors (Lipinski definition) is 2. The van der Waals surface area contributed by atoms with Gasteiger partial charge in [0.25, 0.3) is 0 Å². The minimum Gasteiger partial charge on any atom is -0.361 e. The molecule has 0 bridgehead atoms. The van der Waals surface area contributed by atoms with E-state index < -0.39 is 10.0 Å². The van der Waals surface area contributed by atoms with E-state index >= 15 is 0 Å². The second-order valence-electron chi connectivity index (χ2n) is 5.90. The molecule has 2 aromatic rings. The summed E-state index contributed by atoms with van der Waals surface area (Å²) in [6, 6.07) is 5.78. The van der Waals surface area contributed by atoms with E-state index in [9.17, 15) is 8.42 Å². The van der Waals surface area contributed by atoms with Gasteiger partial charge in [0.1, 0.15) is 0 Å². The van der Waals surface area contributed by atoms with Crippen LogP contribution in [-0.2, 0) is 10.0 Å². The Kier molecular flexibility index (Phi) is 4.80. The van der Waals surface area contributed by atoms with Crippen LogP contribution in [0.5, 0.6) is 0 Å². The van der Waals surface area contributed by atoms with Crippen LogP contribution >= 0.6 is 11.6 Å². The van der Waals surface area contributed by atoms with Gasteiger partial charge in [-0.25, -0.2) is 8.42 Å². The molecule has 3 rings (SSSR count). The first kappa shape index (κ1) is 16.6. The van der Waals surface area contributed by atoms with Crippen molar-refractivity contribution in [3.63, 3.8) is 0 Å². The molecular weight excluding hydrogens is 332 g/mol. The van der Waals surface area contributed by atoms with Gasteiger partial charge in [0, 0.05) is 40.8 Å². The molecule has 2 heterocycles. The van der Waals surface area contributed by atoms with Crippen LogP contribution in [0.25, 0.3) is 16.5 Å². The predicted molar refractivity (Wildman–Crippen MR) is 96.2 cm³/mol. The standard InChI is InChI=1S/C17H21ClN2O2S/c1-2-3-10-23(21,22)20-8-6-13(7-9-20)16-12-19-17-5-4-14(18)11-15(16)17/h4-6,11-12,19H,2-3,7-10H2,1H3. The van der Waals surface area contributed by atoms with Crippen LogP contribution in [-0.4, -0.2) is 36.5 Å². The molecule has 1 aromatic carbocycles. The van der Waals surface area contributed by atoms with Crippen molar-refractivity contribution in [2.45, 2.75) is 26.2 Å². The smallest absolute Gasteiger partial charge is 0.214 e. The van der Waals surface area contributed by atoms with E-state index in [4.69, 9.17) is 11.6 Å². The van der Waals surface area contributed by atoms with Crippen molar-refractivity contribution >= 4 is 38.1 Å². The molecule has 0 spiro atoms. The molecule has 6 heteroatoms. The van der Waals surface area contributed by atoms with Crippen molar-refractivity contribution in [3.8, 4) is 0 Å². The van der Waals surface area contributed by atoms with Crippen LogP contribution in [0.15, 0.2) is 30.5 Å². The zero-order valence-electron chi connectivity index (χ0n) is 13.2. The van der Waals surface area contributed by atoms with Gasteiger partial charge < -0.3 is 4.98 Å². The molecule has 4 nitrogen and oxygen atoms in total. The Morgan fingerprint density at radius 2 is 2.17 bits per heavy atom. The maximum absolute atomic E-state index is 12.3. The zero-order chi connectivity index (χ0) is 16.4. The summed E-state index contributed by atoms with van der Waals surface area (Å²) in [7, 11) is -3.13. The lowest BCUT2D eigenvalue weighted by Gasteiger charge is -2.25. The summed E-state index contributed by atoms with van der Waals surface area (Å²) in [4.78, 5) is 3.25. The van der Waals surface area contributed by atoms with E-state index in [1.54, 1.807) is 4.31 Å². The van der Waals surface area contributed by atoms with Crippen LogP contribution in [0.2, 0.25) is 5.02 Å². The number of halogens is 1. The average Bonchev–Trinajstić information content (AvgIpc) is 2.96. The van der Waals surface area contributed by atoms with E-state index in [1.807, 2.05) is 37.4 Å². The second kappa shape index (κ2) is 6.67. The Bertz CT molecular complexity index is 839. The highest BCUT2D eigenvalue weighted by atomic mass is 35.5. The monoisotopic (exact) mass is 352 g/mol. The number of aromatic nitrogens is 1. The van der Waals surface area contributed by atoms with Crippen LogP contribution in [0.4, 0.5) is 0 Å². The Hall–Kier alpha value is -1.30. The topological polar surface area (TPSA) is 53.2 Å². The van der Waals surface area contributed by atoms with Gasteiger partial charge in [0.05, 0.1) is 5.75 Å². The van der Waals surface area contributed by atoms with Crippen molar-refractivity contribution in [3.05, 3.63) is 41.1 Å². The van der Waals surface area contributed by atoms with Gasteiger partial charge in [-0.1, -0.05) is 31.0 Å². The first-order valence-electron chi connectivity index (χ1n) is 7.95. The molecule has 1 aliphatic heterocycles. The van der Waals surface area contributed by atoms with Gasteiger partial charge in [-0.3, -0.25) is 0 Å². The van der Waals surface area contributed by atoms with Gasteiger partial charge in [0.2, 0.25) is 10.0 Å². The highest BCUT2D eigenvalue weighted by Gasteiger charge is 2.24. The Morgan fingerprint density at radius 1 is 1.35 bits per heavy atom. The molecule has 0 unspecified atom stereocenters. The van der Waals surface area contributed by atoms with Crippen molar-refractivity contribution in [1.82, 2.24) is 9.29 Å². The van der Waals surface area contributed by atoms with E-state index in [0.717, 1.165) is 35.7 Å². The third-order valence-corrected chi connectivity index (χ3v) is 6.47. The van der Waals surface area contributed by atoms with E-state index in [2.05, 4.69) is 4.98 Å². The van der Waals surface area contributed by atoms with Crippen molar-refractivity contribution in [2.75, 3.05) is 18.8 Å². The summed E-state index contributed by atoms with van der Waals surface area (Å²) >= 11 is 6.10. The number of nitrogens with zero attached hydrogens (tertiary/aromatic N) is 1. The number of H-pyrrole nitrogens is 1. The van der Waals surface area contributed by atoms with E-state index in [0.29, 0.717) is 18.1 Å². The molecule has 23 heavy (non-hydrogen) atoms. The molecule has 124 valence electrons. The van der Waals surface area contributed by atoms with Crippen molar-refractivity contribution in [2.24, 2.45) is 0 Å². The number of hydrogen-bond donors (Lipinski definition) is 1. The number of rotatable bonds is 5. The number of sulfonamides is 1. The molecule has 1 aliphatic rings. The predicted octanol–water partition coefficient (Wildman–Crippen LogP) is 4.04. The molecule has 0 fully saturated rings. The molecule has 0 saturated heterocycles. The van der Waals surface area contributed by atoms with Crippen LogP contribution in [0, 0.1) is 0 Å². The summed E-state index contributed by atoms with van der Waals surface area (Å²) in [6.07, 6.45) is 6.34. The van der Waals surface area contributed by atoms with Crippen molar-refractivity contribution < 1.29 is 8.42 Å². The zero-order valence-corrected chi connectivity index (χ0v) is 14.8. The van der Waals surface area contributed by atoms with Crippen molar-refractivity contribution in [1.29, 1.82) is 0 Å². The van der Waals surface area contributed by atoms with E-state index in [-0.39, 0.29) is 5.75 Å². The molecule has 1 aromatic heterocycles. The number of fused-ring (bicyclic) bond motifs is 1. The number of unbranched alkanes of at least 4 members (excludes halogenated alkanes) is 1. The Labute approximate surface area is 142 Å². The summed E-state index contributed by atoms with van der Waals surface area (Å²) in [5.74, 6) is 0.245. The van der Waals surface area contributed by atoms with Gasteiger partial charge in [-0.05, 0) is 36.6 Å². The first-order chi connectivity index (χ1) is 11.0. The molecule has 0 atom stereocenters. The van der Waals surface area contributed by atoms with Gasteiger partial charge in [0.15, 0.2) is 0 Å². The lowest BCUT2D eigenvalue weighted by Crippen LogP contribution is -2.36. The van der Waals surface area contributed by atoms with E-state index in [1.165, 1.54) is 5.57 Å². The summed E-state index contributed by atoms with van der Waals surface area (Å²) in [6.45, 7) is 3.01. The number of aromatic amines is 1. The quantitative estimate of drug-likeness (QED) is 0.882. The molecule has 0 saturated carbocycles. The Morgan fingerprint density at radius 3 is 2.87 bits per heavy atom. The second-order valence-corrected chi connectivity index (χ2v) is 8.42. The number of nitrogens with one attached hydrogen (secondary N) is 1. The lowest BCUT2D eigenvalue weighted by molar-refractivity contribution is 0.440. The van der Waals surface area contributed by atoms with Gasteiger partial charge in [-0.2, -0.15) is 4.31 Å². The fourth-order valence-electron chi connectivity index (χ4n) is 2.96. The van der Waals surface area contributed by atoms with Gasteiger partial charge in [-0.15, -0.1) is 0 Å². The van der Waals surface area contributed by atoms with Crippen LogP contribution < -0.4 is 0 Å². The third-order valence-electron chi connectivity index (χ3n) is 4.31. The fourth-order valence-corrected chi connectivity index (χ4v) is 4.72. The maximum Gasteiger partial charge on any atom is 0.214 e. The molecule has 0 amide bonds. The largest absolute Gasteiger partial charge is 0.361 e. The molecule has 1 N–H and O–H groups in total. The van der Waals surface area contributed by atoms with Crippen LogP contribution in [0.3, 0.4) is 0 Å². The fraction of sp³-hybridized carbons (Fsp3) is 0.412. The highest BCUT2D eigenvalue weighted by Crippen LogP contribution is 2.31. The van der Waals surface area contributed by atoms with Crippen LogP contribution in [0.1, 0.15) is 31.7 Å².